The highest BCUT2D eigenvalue weighted by atomic mass is 16.5. The van der Waals surface area contributed by atoms with E-state index >= 15 is 0 Å². The van der Waals surface area contributed by atoms with Gasteiger partial charge in [-0.3, -0.25) is 4.79 Å². The highest BCUT2D eigenvalue weighted by molar-refractivity contribution is 6.02. The SMILES string of the molecule is C[C@@H](OC(=O)/C(C#N)=C/c1ccco1)C(=O)N1CCc2ccccc21. The van der Waals surface area contributed by atoms with Crippen molar-refractivity contribution in [1.29, 1.82) is 5.26 Å². The van der Waals surface area contributed by atoms with Gasteiger partial charge in [-0.15, -0.1) is 0 Å². The number of para-hydroxylation sites is 1. The second kappa shape index (κ2) is 7.05. The first kappa shape index (κ1) is 16.5. The van der Waals surface area contributed by atoms with Crippen molar-refractivity contribution in [2.75, 3.05) is 11.4 Å². The third-order valence-electron chi connectivity index (χ3n) is 3.95. The summed E-state index contributed by atoms with van der Waals surface area (Å²) >= 11 is 0. The number of fused-ring (bicyclic) bond motifs is 1. The minimum absolute atomic E-state index is 0.226. The maximum absolute atomic E-state index is 12.6. The van der Waals surface area contributed by atoms with Gasteiger partial charge < -0.3 is 14.1 Å². The first-order chi connectivity index (χ1) is 12.1. The Balaban J connectivity index is 1.70. The van der Waals surface area contributed by atoms with Crippen LogP contribution < -0.4 is 4.90 Å². The number of rotatable bonds is 4. The van der Waals surface area contributed by atoms with Gasteiger partial charge in [-0.1, -0.05) is 18.2 Å². The van der Waals surface area contributed by atoms with E-state index in [0.29, 0.717) is 12.3 Å². The third-order valence-corrected chi connectivity index (χ3v) is 3.95. The summed E-state index contributed by atoms with van der Waals surface area (Å²) in [7, 11) is 0. The number of ether oxygens (including phenoxy) is 1. The minimum Gasteiger partial charge on any atom is -0.465 e. The van der Waals surface area contributed by atoms with Crippen LogP contribution in [0.1, 0.15) is 18.2 Å². The molecule has 1 aromatic carbocycles. The predicted octanol–water partition coefficient (Wildman–Crippen LogP) is 2.71. The minimum atomic E-state index is -0.994. The summed E-state index contributed by atoms with van der Waals surface area (Å²) in [6.45, 7) is 2.05. The Bertz CT molecular complexity index is 862. The number of hydrogen-bond donors (Lipinski definition) is 0. The zero-order valence-electron chi connectivity index (χ0n) is 13.6. The zero-order valence-corrected chi connectivity index (χ0v) is 13.6. The molecule has 2 aromatic rings. The molecule has 0 saturated heterocycles. The average Bonchev–Trinajstić information content (AvgIpc) is 3.28. The Kier molecular flexibility index (Phi) is 4.66. The molecule has 0 aliphatic carbocycles. The van der Waals surface area contributed by atoms with Gasteiger partial charge in [0.05, 0.1) is 6.26 Å². The summed E-state index contributed by atoms with van der Waals surface area (Å²) < 4.78 is 10.3. The number of carbonyl (C=O) groups excluding carboxylic acids is 2. The maximum atomic E-state index is 12.6. The third kappa shape index (κ3) is 3.45. The molecular weight excluding hydrogens is 320 g/mol. The van der Waals surface area contributed by atoms with E-state index in [4.69, 9.17) is 14.4 Å². The molecule has 0 unspecified atom stereocenters. The number of carbonyl (C=O) groups is 2. The van der Waals surface area contributed by atoms with Crippen molar-refractivity contribution in [3.63, 3.8) is 0 Å². The molecule has 1 aliphatic heterocycles. The largest absolute Gasteiger partial charge is 0.465 e. The average molecular weight is 336 g/mol. The van der Waals surface area contributed by atoms with Gasteiger partial charge in [0.1, 0.15) is 17.4 Å². The number of benzene rings is 1. The van der Waals surface area contributed by atoms with Crippen LogP contribution >= 0.6 is 0 Å². The molecule has 0 fully saturated rings. The zero-order chi connectivity index (χ0) is 17.8. The molecule has 0 spiro atoms. The molecule has 6 nitrogen and oxygen atoms in total. The fourth-order valence-electron chi connectivity index (χ4n) is 2.71. The molecule has 25 heavy (non-hydrogen) atoms. The van der Waals surface area contributed by atoms with E-state index < -0.39 is 12.1 Å². The van der Waals surface area contributed by atoms with E-state index in [1.807, 2.05) is 24.3 Å². The first-order valence-corrected chi connectivity index (χ1v) is 7.85. The Morgan fingerprint density at radius 1 is 1.32 bits per heavy atom. The van der Waals surface area contributed by atoms with Crippen LogP contribution in [0, 0.1) is 11.3 Å². The summed E-state index contributed by atoms with van der Waals surface area (Å²) in [5, 5.41) is 9.13. The summed E-state index contributed by atoms with van der Waals surface area (Å²) in [5.41, 5.74) is 1.70. The van der Waals surface area contributed by atoms with Crippen molar-refractivity contribution < 1.29 is 18.7 Å². The molecule has 1 aromatic heterocycles. The molecule has 1 amide bonds. The number of nitriles is 1. The molecule has 3 rings (SSSR count). The normalized spacial score (nSPS) is 14.6. The van der Waals surface area contributed by atoms with Gasteiger partial charge in [0.15, 0.2) is 6.10 Å². The molecule has 6 heteroatoms. The molecule has 1 aliphatic rings. The Labute approximate surface area is 144 Å². The van der Waals surface area contributed by atoms with Crippen molar-refractivity contribution >= 4 is 23.6 Å². The van der Waals surface area contributed by atoms with Gasteiger partial charge in [0, 0.05) is 18.3 Å². The molecule has 0 N–H and O–H groups in total. The summed E-state index contributed by atoms with van der Waals surface area (Å²) in [6.07, 6.45) is 2.49. The van der Waals surface area contributed by atoms with Crippen LogP contribution in [0.15, 0.2) is 52.7 Å². The number of esters is 1. The second-order valence-corrected chi connectivity index (χ2v) is 5.60. The summed E-state index contributed by atoms with van der Waals surface area (Å²) in [5.74, 6) is -0.804. The van der Waals surface area contributed by atoms with Crippen LogP contribution in [0.25, 0.3) is 6.08 Å². The second-order valence-electron chi connectivity index (χ2n) is 5.60. The predicted molar refractivity (Wildman–Crippen MR) is 90.4 cm³/mol. The van der Waals surface area contributed by atoms with Crippen LogP contribution in [0.2, 0.25) is 0 Å². The lowest BCUT2D eigenvalue weighted by atomic mass is 10.2. The van der Waals surface area contributed by atoms with E-state index in [-0.39, 0.29) is 11.5 Å². The van der Waals surface area contributed by atoms with Gasteiger partial charge in [0.2, 0.25) is 0 Å². The smallest absolute Gasteiger partial charge is 0.349 e. The Morgan fingerprint density at radius 3 is 2.84 bits per heavy atom. The van der Waals surface area contributed by atoms with E-state index in [9.17, 15) is 9.59 Å². The van der Waals surface area contributed by atoms with E-state index in [1.54, 1.807) is 23.1 Å². The number of hydrogen-bond acceptors (Lipinski definition) is 5. The first-order valence-electron chi connectivity index (χ1n) is 7.85. The van der Waals surface area contributed by atoms with Crippen LogP contribution in [0.3, 0.4) is 0 Å². The molecule has 1 atom stereocenters. The van der Waals surface area contributed by atoms with Crippen molar-refractivity contribution in [2.45, 2.75) is 19.4 Å². The number of anilines is 1. The molecule has 0 bridgehead atoms. The van der Waals surface area contributed by atoms with Gasteiger partial charge in [-0.25, -0.2) is 4.79 Å². The lowest BCUT2D eigenvalue weighted by Crippen LogP contribution is -2.39. The standard InChI is InChI=1S/C19H16N2O4/c1-13(18(22)21-9-8-14-5-2-3-7-17(14)21)25-19(23)15(12-20)11-16-6-4-10-24-16/h2-7,10-11,13H,8-9H2,1H3/b15-11+/t13-/m1/s1. The van der Waals surface area contributed by atoms with Crippen molar-refractivity contribution in [1.82, 2.24) is 0 Å². The molecular formula is C19H16N2O4. The highest BCUT2D eigenvalue weighted by Gasteiger charge is 2.30. The number of nitrogens with zero attached hydrogens (tertiary/aromatic N) is 2. The highest BCUT2D eigenvalue weighted by Crippen LogP contribution is 2.28. The van der Waals surface area contributed by atoms with E-state index in [0.717, 1.165) is 17.7 Å². The lowest BCUT2D eigenvalue weighted by Gasteiger charge is -2.21. The quantitative estimate of drug-likeness (QED) is 0.487. The van der Waals surface area contributed by atoms with Crippen LogP contribution in [0.4, 0.5) is 5.69 Å². The molecule has 2 heterocycles. The van der Waals surface area contributed by atoms with Crippen molar-refractivity contribution in [2.24, 2.45) is 0 Å². The molecule has 0 saturated carbocycles. The van der Waals surface area contributed by atoms with Gasteiger partial charge in [-0.2, -0.15) is 5.26 Å². The Morgan fingerprint density at radius 2 is 2.12 bits per heavy atom. The van der Waals surface area contributed by atoms with Crippen LogP contribution in [-0.2, 0) is 20.7 Å². The van der Waals surface area contributed by atoms with Crippen molar-refractivity contribution in [3.8, 4) is 6.07 Å². The summed E-state index contributed by atoms with van der Waals surface area (Å²) in [4.78, 5) is 26.4. The van der Waals surface area contributed by atoms with Gasteiger partial charge in [0.25, 0.3) is 5.91 Å². The number of amides is 1. The number of furan rings is 1. The van der Waals surface area contributed by atoms with Gasteiger partial charge in [-0.05, 0) is 37.1 Å². The molecule has 126 valence electrons. The topological polar surface area (TPSA) is 83.5 Å². The fraction of sp³-hybridized carbons (Fsp3) is 0.211. The fourth-order valence-corrected chi connectivity index (χ4v) is 2.71. The maximum Gasteiger partial charge on any atom is 0.349 e. The summed E-state index contributed by atoms with van der Waals surface area (Å²) in [6, 6.07) is 12.7. The van der Waals surface area contributed by atoms with Crippen molar-refractivity contribution in [3.05, 3.63) is 59.6 Å². The lowest BCUT2D eigenvalue weighted by molar-refractivity contribution is -0.149. The van der Waals surface area contributed by atoms with Crippen LogP contribution in [-0.4, -0.2) is 24.5 Å². The monoisotopic (exact) mass is 336 g/mol. The van der Waals surface area contributed by atoms with E-state index in [1.165, 1.54) is 19.3 Å². The van der Waals surface area contributed by atoms with E-state index in [2.05, 4.69) is 0 Å². The van der Waals surface area contributed by atoms with Crippen LogP contribution in [0.5, 0.6) is 0 Å². The Hall–Kier alpha value is -3.33. The van der Waals surface area contributed by atoms with Gasteiger partial charge >= 0.3 is 5.97 Å². The molecule has 0 radical (unpaired) electrons.